The van der Waals surface area contributed by atoms with E-state index < -0.39 is 6.10 Å². The van der Waals surface area contributed by atoms with Gasteiger partial charge in [-0.3, -0.25) is 9.69 Å². The van der Waals surface area contributed by atoms with Crippen molar-refractivity contribution in [1.82, 2.24) is 10.2 Å². The predicted molar refractivity (Wildman–Crippen MR) is 112 cm³/mol. The average molecular weight is 432 g/mol. The molecule has 2 aliphatic rings. The maximum Gasteiger partial charge on any atom is 0.322 e. The van der Waals surface area contributed by atoms with Crippen molar-refractivity contribution < 1.29 is 19.1 Å². The summed E-state index contributed by atoms with van der Waals surface area (Å²) in [5.74, 6) is -0.504. The zero-order valence-corrected chi connectivity index (χ0v) is 17.1. The third-order valence-electron chi connectivity index (χ3n) is 5.73. The number of likely N-dealkylation sites (tertiary alicyclic amines) is 1. The van der Waals surface area contributed by atoms with E-state index in [-0.39, 0.29) is 23.8 Å². The van der Waals surface area contributed by atoms with Crippen LogP contribution in [0.1, 0.15) is 41.3 Å². The Morgan fingerprint density at radius 1 is 1.23 bits per heavy atom. The normalized spacial score (nSPS) is 19.8. The van der Waals surface area contributed by atoms with E-state index in [4.69, 9.17) is 11.6 Å². The Balaban J connectivity index is 1.51. The van der Waals surface area contributed by atoms with Crippen LogP contribution in [0.2, 0.25) is 5.02 Å². The van der Waals surface area contributed by atoms with Crippen LogP contribution in [-0.4, -0.2) is 47.6 Å². The van der Waals surface area contributed by atoms with Crippen LogP contribution in [-0.2, 0) is 0 Å². The van der Waals surface area contributed by atoms with E-state index in [9.17, 15) is 19.1 Å². The van der Waals surface area contributed by atoms with Gasteiger partial charge in [-0.05, 0) is 55.2 Å². The number of benzene rings is 2. The molecule has 2 unspecified atom stereocenters. The minimum atomic E-state index is -0.780. The summed E-state index contributed by atoms with van der Waals surface area (Å²) in [4.78, 5) is 28.5. The zero-order chi connectivity index (χ0) is 21.3. The van der Waals surface area contributed by atoms with Crippen LogP contribution < -0.4 is 10.2 Å². The van der Waals surface area contributed by atoms with Gasteiger partial charge < -0.3 is 15.3 Å². The molecule has 2 heterocycles. The molecule has 3 amide bonds. The number of aliphatic hydroxyl groups excluding tert-OH is 1. The average Bonchev–Trinajstić information content (AvgIpc) is 3.37. The molecule has 0 saturated carbocycles. The van der Waals surface area contributed by atoms with Gasteiger partial charge in [0.05, 0.1) is 16.8 Å². The molecule has 0 aromatic heterocycles. The number of carbonyl (C=O) groups is 2. The lowest BCUT2D eigenvalue weighted by atomic mass is 10.00. The minimum Gasteiger partial charge on any atom is -0.388 e. The SMILES string of the molecule is O=C1NCCN1c1cc(C(=O)N2CCCC2CC(O)c2ccc(F)cc2)ccc1Cl. The van der Waals surface area contributed by atoms with Crippen molar-refractivity contribution in [2.75, 3.05) is 24.5 Å². The number of rotatable bonds is 5. The highest BCUT2D eigenvalue weighted by Gasteiger charge is 2.32. The first-order chi connectivity index (χ1) is 14.4. The van der Waals surface area contributed by atoms with E-state index in [0.29, 0.717) is 47.9 Å². The van der Waals surface area contributed by atoms with Crippen LogP contribution in [0, 0.1) is 5.82 Å². The first kappa shape index (κ1) is 20.6. The number of anilines is 1. The molecule has 0 radical (unpaired) electrons. The maximum atomic E-state index is 13.2. The molecule has 2 aromatic carbocycles. The highest BCUT2D eigenvalue weighted by molar-refractivity contribution is 6.34. The van der Waals surface area contributed by atoms with Gasteiger partial charge in [-0.1, -0.05) is 23.7 Å². The van der Waals surface area contributed by atoms with Crippen LogP contribution in [0.4, 0.5) is 14.9 Å². The van der Waals surface area contributed by atoms with Gasteiger partial charge in [0.15, 0.2) is 0 Å². The Hall–Kier alpha value is -2.64. The Morgan fingerprint density at radius 3 is 2.70 bits per heavy atom. The van der Waals surface area contributed by atoms with E-state index in [1.165, 1.54) is 17.0 Å². The summed E-state index contributed by atoms with van der Waals surface area (Å²) in [5, 5.41) is 13.7. The van der Waals surface area contributed by atoms with Crippen molar-refractivity contribution >= 4 is 29.2 Å². The molecule has 2 saturated heterocycles. The van der Waals surface area contributed by atoms with Crippen LogP contribution in [0.3, 0.4) is 0 Å². The number of aliphatic hydroxyl groups is 1. The third kappa shape index (κ3) is 4.13. The Kier molecular flexibility index (Phi) is 5.92. The minimum absolute atomic E-state index is 0.119. The van der Waals surface area contributed by atoms with Gasteiger partial charge >= 0.3 is 6.03 Å². The standard InChI is InChI=1S/C22H23ClFN3O3/c23-18-8-5-15(12-19(18)27-11-9-25-22(27)30)21(29)26-10-1-2-17(26)13-20(28)14-3-6-16(24)7-4-14/h3-8,12,17,20,28H,1-2,9-11,13H2,(H,25,30). The molecule has 30 heavy (non-hydrogen) atoms. The molecule has 0 bridgehead atoms. The Bertz CT molecular complexity index is 953. The number of amides is 3. The summed E-state index contributed by atoms with van der Waals surface area (Å²) in [6, 6.07) is 10.4. The number of hydrogen-bond donors (Lipinski definition) is 2. The fourth-order valence-electron chi connectivity index (χ4n) is 4.15. The lowest BCUT2D eigenvalue weighted by molar-refractivity contribution is 0.0667. The summed E-state index contributed by atoms with van der Waals surface area (Å²) in [6.45, 7) is 1.62. The first-order valence-corrected chi connectivity index (χ1v) is 10.4. The fourth-order valence-corrected chi connectivity index (χ4v) is 4.37. The van der Waals surface area contributed by atoms with Crippen LogP contribution in [0.5, 0.6) is 0 Å². The quantitative estimate of drug-likeness (QED) is 0.757. The third-order valence-corrected chi connectivity index (χ3v) is 6.05. The summed E-state index contributed by atoms with van der Waals surface area (Å²) in [6.07, 6.45) is 1.24. The number of halogens is 2. The van der Waals surface area contributed by atoms with E-state index >= 15 is 0 Å². The molecule has 2 fully saturated rings. The van der Waals surface area contributed by atoms with E-state index in [1.54, 1.807) is 35.2 Å². The van der Waals surface area contributed by atoms with Crippen LogP contribution >= 0.6 is 11.6 Å². The Labute approximate surface area is 179 Å². The zero-order valence-electron chi connectivity index (χ0n) is 16.4. The smallest absolute Gasteiger partial charge is 0.322 e. The largest absolute Gasteiger partial charge is 0.388 e. The summed E-state index contributed by atoms with van der Waals surface area (Å²) in [7, 11) is 0. The lowest BCUT2D eigenvalue weighted by Crippen LogP contribution is -2.36. The van der Waals surface area contributed by atoms with Crippen molar-refractivity contribution in [3.05, 3.63) is 64.4 Å². The van der Waals surface area contributed by atoms with Crippen LogP contribution in [0.25, 0.3) is 0 Å². The van der Waals surface area contributed by atoms with Crippen molar-refractivity contribution in [3.8, 4) is 0 Å². The molecule has 0 spiro atoms. The number of nitrogens with zero attached hydrogens (tertiary/aromatic N) is 2. The molecule has 4 rings (SSSR count). The van der Waals surface area contributed by atoms with Crippen molar-refractivity contribution in [3.63, 3.8) is 0 Å². The number of nitrogens with one attached hydrogen (secondary N) is 1. The molecule has 0 aliphatic carbocycles. The van der Waals surface area contributed by atoms with Gasteiger partial charge in [0.2, 0.25) is 0 Å². The summed E-state index contributed by atoms with van der Waals surface area (Å²) >= 11 is 6.28. The second kappa shape index (κ2) is 8.62. The molecule has 2 aromatic rings. The highest BCUT2D eigenvalue weighted by atomic mass is 35.5. The molecule has 158 valence electrons. The van der Waals surface area contributed by atoms with Crippen molar-refractivity contribution in [2.24, 2.45) is 0 Å². The molecule has 6 nitrogen and oxygen atoms in total. The van der Waals surface area contributed by atoms with E-state index in [0.717, 1.165) is 12.8 Å². The lowest BCUT2D eigenvalue weighted by Gasteiger charge is -2.27. The second-order valence-corrected chi connectivity index (χ2v) is 8.05. The van der Waals surface area contributed by atoms with Gasteiger partial charge in [-0.15, -0.1) is 0 Å². The molecular weight excluding hydrogens is 409 g/mol. The van der Waals surface area contributed by atoms with Gasteiger partial charge in [0.25, 0.3) is 5.91 Å². The van der Waals surface area contributed by atoms with Crippen LogP contribution in [0.15, 0.2) is 42.5 Å². The summed E-state index contributed by atoms with van der Waals surface area (Å²) in [5.41, 5.74) is 1.60. The van der Waals surface area contributed by atoms with Gasteiger partial charge in [-0.25, -0.2) is 9.18 Å². The van der Waals surface area contributed by atoms with E-state index in [2.05, 4.69) is 5.32 Å². The first-order valence-electron chi connectivity index (χ1n) is 10.0. The topological polar surface area (TPSA) is 72.9 Å². The number of carbonyl (C=O) groups excluding carboxylic acids is 2. The maximum absolute atomic E-state index is 13.2. The molecule has 2 N–H and O–H groups in total. The number of hydrogen-bond acceptors (Lipinski definition) is 3. The molecular formula is C22H23ClFN3O3. The monoisotopic (exact) mass is 431 g/mol. The fraction of sp³-hybridized carbons (Fsp3) is 0.364. The number of urea groups is 1. The second-order valence-electron chi connectivity index (χ2n) is 7.65. The summed E-state index contributed by atoms with van der Waals surface area (Å²) < 4.78 is 13.1. The molecule has 8 heteroatoms. The van der Waals surface area contributed by atoms with E-state index in [1.807, 2.05) is 0 Å². The molecule has 2 aliphatic heterocycles. The van der Waals surface area contributed by atoms with Crippen molar-refractivity contribution in [1.29, 1.82) is 0 Å². The Morgan fingerprint density at radius 2 is 2.00 bits per heavy atom. The highest BCUT2D eigenvalue weighted by Crippen LogP contribution is 2.32. The van der Waals surface area contributed by atoms with Gasteiger partial charge in [0, 0.05) is 31.2 Å². The predicted octanol–water partition coefficient (Wildman–Crippen LogP) is 3.74. The van der Waals surface area contributed by atoms with Gasteiger partial charge in [0.1, 0.15) is 5.82 Å². The molecule has 2 atom stereocenters. The van der Waals surface area contributed by atoms with Crippen molar-refractivity contribution in [2.45, 2.75) is 31.4 Å². The van der Waals surface area contributed by atoms with Gasteiger partial charge in [-0.2, -0.15) is 0 Å².